The minimum absolute atomic E-state index is 0.0902. The highest BCUT2D eigenvalue weighted by molar-refractivity contribution is 7.47. The van der Waals surface area contributed by atoms with Crippen LogP contribution in [0.5, 0.6) is 0 Å². The van der Waals surface area contributed by atoms with Crippen LogP contribution in [-0.2, 0) is 55.8 Å². The molecule has 0 aliphatic carbocycles. The molecule has 500 valence electrons. The zero-order valence-electron chi connectivity index (χ0n) is 53.9. The van der Waals surface area contributed by atoms with Gasteiger partial charge in [-0.05, 0) is 122 Å². The van der Waals surface area contributed by atoms with E-state index in [0.717, 1.165) is 154 Å². The molecule has 0 aromatic carbocycles. The van der Waals surface area contributed by atoms with E-state index in [0.29, 0.717) is 19.3 Å². The fraction of sp³-hybridized carbons (Fsp3) is 0.696. The lowest BCUT2D eigenvalue weighted by Crippen LogP contribution is -2.30. The summed E-state index contributed by atoms with van der Waals surface area (Å²) in [5.41, 5.74) is 0. The van der Waals surface area contributed by atoms with Gasteiger partial charge in [0.05, 0.1) is 26.4 Å². The molecule has 0 aliphatic heterocycles. The fourth-order valence-electron chi connectivity index (χ4n) is 8.43. The largest absolute Gasteiger partial charge is 0.472 e. The Hall–Kier alpha value is -3.79. The van der Waals surface area contributed by atoms with Crippen molar-refractivity contribution >= 4 is 33.6 Å². The molecule has 87 heavy (non-hydrogen) atoms. The van der Waals surface area contributed by atoms with Gasteiger partial charge in [-0.3, -0.25) is 32.5 Å². The van der Waals surface area contributed by atoms with E-state index >= 15 is 0 Å². The molecule has 0 saturated carbocycles. The zero-order valence-corrected chi connectivity index (χ0v) is 55.7. The number of hydrogen-bond acceptors (Lipinski definition) is 14. The molecule has 0 heterocycles. The summed E-state index contributed by atoms with van der Waals surface area (Å²) in [7, 11) is -9.79. The summed E-state index contributed by atoms with van der Waals surface area (Å²) in [5, 5.41) is 20.5. The van der Waals surface area contributed by atoms with Gasteiger partial charge in [0.15, 0.2) is 6.10 Å². The number of phosphoric ester groups is 2. The average molecular weight is 1270 g/mol. The quantitative estimate of drug-likeness (QED) is 0.0146. The molecule has 0 aromatic rings. The number of aliphatic hydroxyl groups excluding tert-OH is 2. The monoisotopic (exact) mass is 1260 g/mol. The molecule has 0 saturated heterocycles. The minimum Gasteiger partial charge on any atom is -0.463 e. The summed E-state index contributed by atoms with van der Waals surface area (Å²) in [4.78, 5) is 58.3. The molecule has 5 atom stereocenters. The van der Waals surface area contributed by atoms with Crippen LogP contribution in [0.2, 0.25) is 0 Å². The van der Waals surface area contributed by atoms with Crippen molar-refractivity contribution in [3.05, 3.63) is 109 Å². The Kier molecular flexibility index (Phi) is 59.7. The van der Waals surface area contributed by atoms with E-state index in [2.05, 4.69) is 130 Å². The van der Waals surface area contributed by atoms with Gasteiger partial charge in [-0.2, -0.15) is 0 Å². The van der Waals surface area contributed by atoms with Crippen molar-refractivity contribution in [3.63, 3.8) is 0 Å². The number of phosphoric acid groups is 2. The van der Waals surface area contributed by atoms with Crippen LogP contribution >= 0.6 is 15.6 Å². The van der Waals surface area contributed by atoms with Gasteiger partial charge in [-0.15, -0.1) is 0 Å². The van der Waals surface area contributed by atoms with E-state index in [1.807, 2.05) is 0 Å². The van der Waals surface area contributed by atoms with E-state index in [9.17, 15) is 43.5 Å². The number of unbranched alkanes of at least 4 members (excludes halogenated alkanes) is 21. The van der Waals surface area contributed by atoms with Gasteiger partial charge in [-0.25, -0.2) is 9.13 Å². The molecule has 0 amide bonds. The topological polar surface area (TPSA) is 231 Å². The zero-order chi connectivity index (χ0) is 63.8. The lowest BCUT2D eigenvalue weighted by Gasteiger charge is -2.21. The Bertz CT molecular complexity index is 2030. The first-order valence-corrected chi connectivity index (χ1v) is 36.2. The van der Waals surface area contributed by atoms with Crippen LogP contribution in [0.25, 0.3) is 0 Å². The molecule has 0 aliphatic rings. The maximum absolute atomic E-state index is 12.9. The molecule has 0 rings (SSSR count). The number of hydrogen-bond donors (Lipinski definition) is 4. The van der Waals surface area contributed by atoms with Crippen molar-refractivity contribution in [2.75, 3.05) is 39.6 Å². The number of carbonyl (C=O) groups excluding carboxylic acids is 3. The van der Waals surface area contributed by atoms with Crippen molar-refractivity contribution in [2.24, 2.45) is 0 Å². The summed E-state index contributed by atoms with van der Waals surface area (Å²) in [6.45, 7) is 2.37. The molecule has 0 bridgehead atoms. The van der Waals surface area contributed by atoms with Gasteiger partial charge in [0.1, 0.15) is 25.4 Å². The highest BCUT2D eigenvalue weighted by Gasteiger charge is 2.29. The lowest BCUT2D eigenvalue weighted by atomic mass is 10.1. The second-order valence-corrected chi connectivity index (χ2v) is 24.8. The molecule has 0 fully saturated rings. The van der Waals surface area contributed by atoms with Crippen LogP contribution in [0.4, 0.5) is 0 Å². The molecule has 4 N–H and O–H groups in total. The molecule has 0 radical (unpaired) electrons. The van der Waals surface area contributed by atoms with Crippen LogP contribution in [0, 0.1) is 0 Å². The smallest absolute Gasteiger partial charge is 0.463 e. The van der Waals surface area contributed by atoms with Crippen molar-refractivity contribution < 1.29 is 75.8 Å². The van der Waals surface area contributed by atoms with Gasteiger partial charge < -0.3 is 34.2 Å². The molecule has 5 unspecified atom stereocenters. The number of ether oxygens (including phenoxy) is 3. The first kappa shape index (κ1) is 83.2. The Morgan fingerprint density at radius 1 is 0.333 bits per heavy atom. The summed E-state index contributed by atoms with van der Waals surface area (Å²) in [5.74, 6) is -1.63. The summed E-state index contributed by atoms with van der Waals surface area (Å²) >= 11 is 0. The summed E-state index contributed by atoms with van der Waals surface area (Å²) in [6.07, 6.45) is 68.5. The highest BCUT2D eigenvalue weighted by atomic mass is 31.2. The SMILES string of the molecule is CC/C=C\C/C=C\C/C=C\C/C=C\C/C=C\CCCCCC(=O)OCC(O)COP(=O)(O)OCC(O)COP(=O)(O)OCC(COC(=O)CCCCCCCCC/C=C\C/C=C\C/C=C\CC)OC(=O)CCCCCCC/C=C\CCCCCCCC. The number of esters is 3. The molecular formula is C69H118O16P2. The standard InChI is InChI=1S/C69H118O16P2/c1-4-7-10-13-16-19-22-25-28-30-31-33-36-37-40-43-46-49-52-55-67(72)79-58-64(70)59-81-86(75,76)82-60-65(71)61-83-87(77,78)84-63-66(85-69(74)57-54-51-48-45-42-39-34-27-24-21-18-15-12-9-6-3)62-80-68(73)56-53-50-47-44-41-38-35-32-29-26-23-20-17-14-11-8-5-2/h7-8,10-11,16-17,19-20,25-29,31,33-34,37,40,64-66,70-71H,4-6,9,12-15,18,21-24,30,32,35-36,38-39,41-63H2,1-3H3,(H,75,76)(H,77,78)/b10-7-,11-8-,19-16-,20-17-,28-25-,29-26-,33-31-,34-27-,40-37-. The van der Waals surface area contributed by atoms with E-state index in [4.69, 9.17) is 32.3 Å². The van der Waals surface area contributed by atoms with Crippen molar-refractivity contribution in [2.45, 2.75) is 270 Å². The number of rotatable bonds is 62. The van der Waals surface area contributed by atoms with E-state index in [1.54, 1.807) is 0 Å². The minimum atomic E-state index is -4.93. The van der Waals surface area contributed by atoms with E-state index in [1.165, 1.54) is 38.5 Å². The second-order valence-electron chi connectivity index (χ2n) is 21.9. The van der Waals surface area contributed by atoms with Crippen LogP contribution in [0.3, 0.4) is 0 Å². The number of carbonyl (C=O) groups is 3. The number of aliphatic hydroxyl groups is 2. The third-order valence-corrected chi connectivity index (χ3v) is 15.4. The highest BCUT2D eigenvalue weighted by Crippen LogP contribution is 2.45. The summed E-state index contributed by atoms with van der Waals surface area (Å²) in [6, 6.07) is 0. The molecule has 18 heteroatoms. The number of allylic oxidation sites excluding steroid dienone is 18. The molecule has 0 aromatic heterocycles. The maximum Gasteiger partial charge on any atom is 0.472 e. The Labute approximate surface area is 526 Å². The fourth-order valence-corrected chi connectivity index (χ4v) is 10.0. The van der Waals surface area contributed by atoms with Crippen LogP contribution in [-0.4, -0.2) is 95.9 Å². The summed E-state index contributed by atoms with van der Waals surface area (Å²) < 4.78 is 60.8. The molecule has 0 spiro atoms. The Morgan fingerprint density at radius 3 is 0.989 bits per heavy atom. The van der Waals surface area contributed by atoms with Gasteiger partial charge in [0.25, 0.3) is 0 Å². The predicted molar refractivity (Wildman–Crippen MR) is 353 cm³/mol. The van der Waals surface area contributed by atoms with Gasteiger partial charge in [0.2, 0.25) is 0 Å². The van der Waals surface area contributed by atoms with Gasteiger partial charge >= 0.3 is 33.6 Å². The molecule has 16 nitrogen and oxygen atoms in total. The van der Waals surface area contributed by atoms with Crippen molar-refractivity contribution in [3.8, 4) is 0 Å². The van der Waals surface area contributed by atoms with Gasteiger partial charge in [0, 0.05) is 19.3 Å². The van der Waals surface area contributed by atoms with E-state index in [-0.39, 0.29) is 19.3 Å². The first-order chi connectivity index (χ1) is 42.2. The van der Waals surface area contributed by atoms with Crippen molar-refractivity contribution in [1.29, 1.82) is 0 Å². The van der Waals surface area contributed by atoms with Crippen molar-refractivity contribution in [1.82, 2.24) is 0 Å². The molecular weight excluding hydrogens is 1150 g/mol. The third-order valence-electron chi connectivity index (χ3n) is 13.5. The predicted octanol–water partition coefficient (Wildman–Crippen LogP) is 18.1. The maximum atomic E-state index is 12.9. The average Bonchev–Trinajstić information content (AvgIpc) is 3.68. The van der Waals surface area contributed by atoms with E-state index < -0.39 is 91.5 Å². The Morgan fingerprint density at radius 2 is 0.609 bits per heavy atom. The third kappa shape index (κ3) is 63.6. The second kappa shape index (κ2) is 62.4. The lowest BCUT2D eigenvalue weighted by molar-refractivity contribution is -0.161. The first-order valence-electron chi connectivity index (χ1n) is 33.2. The van der Waals surface area contributed by atoms with Crippen LogP contribution < -0.4 is 0 Å². The van der Waals surface area contributed by atoms with Crippen LogP contribution in [0.1, 0.15) is 252 Å². The Balaban J connectivity index is 4.72. The van der Waals surface area contributed by atoms with Gasteiger partial charge in [-0.1, -0.05) is 220 Å². The van der Waals surface area contributed by atoms with Crippen LogP contribution in [0.15, 0.2) is 109 Å². The normalized spacial score (nSPS) is 15.0.